The van der Waals surface area contributed by atoms with Gasteiger partial charge in [0.2, 0.25) is 0 Å². The number of benzene rings is 4. The monoisotopic (exact) mass is 1600 g/mol. The molecule has 0 spiro atoms. The molecule has 20 nitrogen and oxygen atoms in total. The van der Waals surface area contributed by atoms with Crippen molar-refractivity contribution in [1.82, 2.24) is 81.1 Å². The number of hydrogen-bond acceptors (Lipinski definition) is 20. The molecule has 4 aromatic carbocycles. The van der Waals surface area contributed by atoms with Crippen molar-refractivity contribution in [2.45, 2.75) is 83.7 Å². The number of allylic oxidation sites excluding steroid dienone is 5. The van der Waals surface area contributed by atoms with E-state index in [-0.39, 0.29) is 12.1 Å². The molecule has 2 saturated heterocycles. The molecule has 4 N–H and O–H groups in total. The first-order valence-electron chi connectivity index (χ1n) is 41.5. The molecule has 0 amide bonds. The van der Waals surface area contributed by atoms with Gasteiger partial charge in [-0.1, -0.05) is 198 Å². The van der Waals surface area contributed by atoms with Crippen molar-refractivity contribution in [3.63, 3.8) is 0 Å². The molecule has 20 heteroatoms. The van der Waals surface area contributed by atoms with Gasteiger partial charge in [-0.25, -0.2) is 39.9 Å². The zero-order valence-electron chi connectivity index (χ0n) is 69.3. The average molecular weight is 1600 g/mol. The van der Waals surface area contributed by atoms with Crippen LogP contribution in [0.2, 0.25) is 0 Å². The molecule has 6 aliphatic rings. The Hall–Kier alpha value is -13.8. The summed E-state index contributed by atoms with van der Waals surface area (Å²) in [6, 6.07) is 52.4. The quantitative estimate of drug-likeness (QED) is 0.0370. The Morgan fingerprint density at radius 1 is 0.364 bits per heavy atom. The lowest BCUT2D eigenvalue weighted by molar-refractivity contribution is 0.122. The number of nitrogens with zero attached hydrogens (tertiary/aromatic N) is 14. The lowest BCUT2D eigenvalue weighted by atomic mass is 10.0. The third-order valence-electron chi connectivity index (χ3n) is 22.4. The van der Waals surface area contributed by atoms with Gasteiger partial charge in [0.1, 0.15) is 0 Å². The first-order chi connectivity index (χ1) is 59.2. The molecule has 0 bridgehead atoms. The number of nitrogens with one attached hydrogen (secondary N) is 4. The average Bonchev–Trinajstić information content (AvgIpc) is 1.66. The number of fused-ring (bicyclic) bond motifs is 4. The fourth-order valence-electron chi connectivity index (χ4n) is 15.4. The Kier molecular flexibility index (Phi) is 26.9. The van der Waals surface area contributed by atoms with Gasteiger partial charge in [-0.05, 0) is 106 Å². The van der Waals surface area contributed by atoms with Crippen molar-refractivity contribution >= 4 is 56.5 Å². The highest BCUT2D eigenvalue weighted by Crippen LogP contribution is 2.38. The molecule has 0 saturated carbocycles. The van der Waals surface area contributed by atoms with Crippen LogP contribution in [0.4, 0.5) is 11.4 Å². The minimum Gasteiger partial charge on any atom is -0.382 e. The number of morpholine rings is 2. The molecule has 8 aromatic heterocycles. The van der Waals surface area contributed by atoms with E-state index in [4.69, 9.17) is 19.4 Å². The summed E-state index contributed by atoms with van der Waals surface area (Å²) in [6.07, 6.45) is 37.6. The van der Waals surface area contributed by atoms with Crippen molar-refractivity contribution in [1.29, 1.82) is 0 Å². The fraction of sp³-hybridized carbons (Fsp3) is 0.228. The summed E-state index contributed by atoms with van der Waals surface area (Å²) in [4.78, 5) is 59.6. The van der Waals surface area contributed by atoms with Crippen LogP contribution >= 0.6 is 0 Å². The van der Waals surface area contributed by atoms with Crippen molar-refractivity contribution in [3.8, 4) is 0 Å². The largest absolute Gasteiger partial charge is 0.382 e. The Bertz CT molecular complexity index is 5560. The Morgan fingerprint density at radius 3 is 1.05 bits per heavy atom. The van der Waals surface area contributed by atoms with E-state index in [1.165, 1.54) is 38.9 Å². The summed E-state index contributed by atoms with van der Waals surface area (Å²) in [6.45, 7) is 37.1. The number of pyridine rings is 4. The van der Waals surface area contributed by atoms with E-state index in [2.05, 4.69) is 263 Å². The van der Waals surface area contributed by atoms with Gasteiger partial charge in [0, 0.05) is 184 Å². The number of ether oxygens (including phenoxy) is 2. The number of aromatic nitrogens is 12. The van der Waals surface area contributed by atoms with E-state index < -0.39 is 0 Å². The summed E-state index contributed by atoms with van der Waals surface area (Å²) in [5, 5.41) is 13.5. The fourth-order valence-corrected chi connectivity index (χ4v) is 15.4. The number of hydrogen-bond donors (Lipinski definition) is 4. The minimum atomic E-state index is 0.130. The van der Waals surface area contributed by atoms with Crippen LogP contribution in [0.25, 0.3) is 45.1 Å². The van der Waals surface area contributed by atoms with Crippen LogP contribution < -0.4 is 31.1 Å². The highest BCUT2D eigenvalue weighted by atomic mass is 16.5. The number of anilines is 2. The van der Waals surface area contributed by atoms with Crippen molar-refractivity contribution in [2.75, 3.05) is 75.5 Å². The highest BCUT2D eigenvalue weighted by molar-refractivity contribution is 5.87. The molecule has 10 heterocycles. The van der Waals surface area contributed by atoms with Gasteiger partial charge < -0.3 is 40.5 Å². The molecule has 4 aliphatic carbocycles. The summed E-state index contributed by atoms with van der Waals surface area (Å²) >= 11 is 0. The summed E-state index contributed by atoms with van der Waals surface area (Å²) < 4.78 is 11.0. The van der Waals surface area contributed by atoms with E-state index in [0.717, 1.165) is 205 Å². The van der Waals surface area contributed by atoms with Crippen molar-refractivity contribution in [2.24, 2.45) is 0 Å². The molecular formula is C101H102N18O2. The summed E-state index contributed by atoms with van der Waals surface area (Å²) in [7, 11) is 0. The normalized spacial score (nSPS) is 14.9. The lowest BCUT2D eigenvalue weighted by Gasteiger charge is -2.29. The molecule has 0 unspecified atom stereocenters. The second-order valence-corrected chi connectivity index (χ2v) is 30.7. The van der Waals surface area contributed by atoms with E-state index in [1.54, 1.807) is 0 Å². The Morgan fingerprint density at radius 2 is 0.686 bits per heavy atom. The van der Waals surface area contributed by atoms with Crippen LogP contribution in [0.5, 0.6) is 0 Å². The van der Waals surface area contributed by atoms with E-state index in [1.807, 2.05) is 135 Å². The van der Waals surface area contributed by atoms with Gasteiger partial charge in [0.05, 0.1) is 95.8 Å². The molecule has 121 heavy (non-hydrogen) atoms. The van der Waals surface area contributed by atoms with Gasteiger partial charge in [-0.3, -0.25) is 19.9 Å². The van der Waals surface area contributed by atoms with Gasteiger partial charge in [0.25, 0.3) is 0 Å². The highest BCUT2D eigenvalue weighted by Gasteiger charge is 2.26. The third-order valence-corrected chi connectivity index (χ3v) is 22.4. The van der Waals surface area contributed by atoms with Gasteiger partial charge in [-0.15, -0.1) is 6.58 Å². The van der Waals surface area contributed by atoms with Crippen LogP contribution in [0.3, 0.4) is 0 Å². The van der Waals surface area contributed by atoms with E-state index in [9.17, 15) is 0 Å². The standard InChI is InChI=1S/2C27H29N5O.C25H24N4.C22H20N4/c2*1-19(21-6-4-3-5-7-21)15-28-20(2)27-30-16-22(17-31-27)24-8-9-26-25(24)14-23(18-29-26)32-10-12-33-13-11-32;1-4-8-19-13-23-22(11-12-24(23)26-14-19)21-15-27-25(28-16-21)18(3)29-17(2)20-9-6-5-7-10-20;1-15(17-7-4-3-5-8-17)26-16(2)22-24-13-18(14-25-22)19-10-11-21-20(19)9-6-12-23-21/h2*3-8,14,16-19,28H,2,9-13,15H2,1H3;4-7,9-11,13-17,29H,1,3,8,12H2,2H3;3-10,12-15,26H,2,11H2,1H3/t2*19-;17-;15-/m1000/s1. The molecule has 608 valence electrons. The molecular weight excluding hydrogens is 1500 g/mol. The second kappa shape index (κ2) is 39.6. The van der Waals surface area contributed by atoms with E-state index in [0.29, 0.717) is 40.8 Å². The molecule has 2 aliphatic heterocycles. The first-order valence-corrected chi connectivity index (χ1v) is 41.5. The lowest BCUT2D eigenvalue weighted by Crippen LogP contribution is -2.36. The van der Waals surface area contributed by atoms with Crippen molar-refractivity contribution in [3.05, 3.63) is 408 Å². The molecule has 12 aromatic rings. The topological polar surface area (TPSA) is 228 Å². The summed E-state index contributed by atoms with van der Waals surface area (Å²) in [5.74, 6) is 3.21. The van der Waals surface area contributed by atoms with Crippen LogP contribution in [0.15, 0.2) is 289 Å². The summed E-state index contributed by atoms with van der Waals surface area (Å²) in [5.41, 5.74) is 29.0. The maximum absolute atomic E-state index is 5.49. The van der Waals surface area contributed by atoms with Gasteiger partial charge in [0.15, 0.2) is 23.3 Å². The molecule has 2 fully saturated rings. The number of rotatable bonds is 26. The van der Waals surface area contributed by atoms with Gasteiger partial charge in [-0.2, -0.15) is 0 Å². The molecule has 18 rings (SSSR count). The Labute approximate surface area is 709 Å². The van der Waals surface area contributed by atoms with Crippen LogP contribution in [0, 0.1) is 0 Å². The SMILES string of the molecule is C=C(NC[C@@H](C)c1ccccc1)c1ncc(C2=CCc3ncc(N4CCOCC4)cc32)cn1.C=C(NC[C@H](C)c1ccccc1)c1ncc(C2=CCc3ncc(N4CCOCC4)cc32)cn1.C=C(N[C@@H](C)c1ccccc1)c1ncc(C2=CCc3ncccc32)cn1.C=CCc1cnc2c(c1)C(c1cnc(C(=C)N[C@@H](C)c3ccccc3)nc1)=CC2. The zero-order chi connectivity index (χ0) is 83.4. The molecule has 0 radical (unpaired) electrons. The smallest absolute Gasteiger partial charge is 0.174 e. The van der Waals surface area contributed by atoms with Crippen molar-refractivity contribution < 1.29 is 9.47 Å². The second-order valence-electron chi connectivity index (χ2n) is 30.7. The van der Waals surface area contributed by atoms with Crippen LogP contribution in [-0.4, -0.2) is 126 Å². The third kappa shape index (κ3) is 20.5. The van der Waals surface area contributed by atoms with Gasteiger partial charge >= 0.3 is 0 Å². The zero-order valence-corrected chi connectivity index (χ0v) is 69.3. The predicted octanol–water partition coefficient (Wildman–Crippen LogP) is 17.2. The minimum absolute atomic E-state index is 0.130. The molecule has 4 atom stereocenters. The van der Waals surface area contributed by atoms with Crippen LogP contribution in [0.1, 0.15) is 170 Å². The predicted molar refractivity (Wildman–Crippen MR) is 486 cm³/mol. The van der Waals surface area contributed by atoms with Crippen LogP contribution in [-0.2, 0) is 41.6 Å². The Balaban J connectivity index is 0.000000126. The maximum Gasteiger partial charge on any atom is 0.174 e. The first kappa shape index (κ1) is 82.3. The maximum atomic E-state index is 5.49. The van der Waals surface area contributed by atoms with E-state index >= 15 is 0 Å².